The van der Waals surface area contributed by atoms with Gasteiger partial charge in [0.25, 0.3) is 0 Å². The molecular weight excluding hydrogens is 451 g/mol. The number of hydrogen-bond acceptors (Lipinski definition) is 5. The Morgan fingerprint density at radius 1 is 1.15 bits per heavy atom. The average molecular weight is 483 g/mol. The number of rotatable bonds is 10. The molecule has 2 unspecified atom stereocenters. The highest BCUT2D eigenvalue weighted by atomic mass is 32.1. The second-order valence-corrected chi connectivity index (χ2v) is 9.68. The summed E-state index contributed by atoms with van der Waals surface area (Å²) in [7, 11) is 0. The van der Waals surface area contributed by atoms with Gasteiger partial charge in [-0.2, -0.15) is 0 Å². The van der Waals surface area contributed by atoms with E-state index in [0.717, 1.165) is 27.9 Å². The van der Waals surface area contributed by atoms with Crippen molar-refractivity contribution in [1.29, 1.82) is 0 Å². The van der Waals surface area contributed by atoms with Crippen LogP contribution < -0.4 is 10.1 Å². The van der Waals surface area contributed by atoms with Crippen LogP contribution in [0.4, 0.5) is 10.1 Å². The molecule has 0 aliphatic rings. The summed E-state index contributed by atoms with van der Waals surface area (Å²) in [4.78, 5) is 28.5. The minimum absolute atomic E-state index is 0.0457. The zero-order chi connectivity index (χ0) is 24.8. The SMILES string of the molecule is CCC(C)/C=C(/c1cc2nccc(Oc3ccc(NC(=O)CC(C)=O)cc3F)c2s1)C(C)CC. The smallest absolute Gasteiger partial charge is 0.231 e. The van der Waals surface area contributed by atoms with Crippen LogP contribution in [0.1, 0.15) is 58.8 Å². The molecule has 0 fully saturated rings. The molecular formula is C27H31FN2O3S. The molecule has 1 amide bonds. The first-order valence-electron chi connectivity index (χ1n) is 11.6. The number of ether oxygens (including phenoxy) is 1. The molecule has 0 aliphatic heterocycles. The van der Waals surface area contributed by atoms with Gasteiger partial charge in [0.2, 0.25) is 5.91 Å². The van der Waals surface area contributed by atoms with Crippen molar-refractivity contribution in [3.05, 3.63) is 53.3 Å². The predicted molar refractivity (Wildman–Crippen MR) is 137 cm³/mol. The molecule has 0 radical (unpaired) electrons. The van der Waals surface area contributed by atoms with E-state index in [1.807, 2.05) is 0 Å². The standard InChI is InChI=1S/C27H31FN2O3S/c1-6-16(3)12-20(17(4)7-2)25-15-22-27(34-25)24(10-11-29-22)33-23-9-8-19(14-21(23)28)30-26(32)13-18(5)31/h8-12,14-17H,6-7,13H2,1-5H3,(H,30,32)/b20-12+. The van der Waals surface area contributed by atoms with Gasteiger partial charge in [-0.05, 0) is 49.0 Å². The minimum atomic E-state index is -0.612. The lowest BCUT2D eigenvalue weighted by molar-refractivity contribution is -0.124. The number of aromatic nitrogens is 1. The van der Waals surface area contributed by atoms with Crippen LogP contribution in [-0.4, -0.2) is 16.7 Å². The number of ketones is 1. The Balaban J connectivity index is 1.90. The summed E-state index contributed by atoms with van der Waals surface area (Å²) in [5, 5.41) is 2.52. The maximum absolute atomic E-state index is 14.8. The lowest BCUT2D eigenvalue weighted by atomic mass is 9.93. The highest BCUT2D eigenvalue weighted by Gasteiger charge is 2.17. The van der Waals surface area contributed by atoms with E-state index >= 15 is 0 Å². The number of nitrogens with zero attached hydrogens (tertiary/aromatic N) is 1. The normalized spacial score (nSPS) is 13.5. The molecule has 2 atom stereocenters. The second kappa shape index (κ2) is 11.4. The number of Topliss-reactive ketones (excluding diaryl/α,β-unsaturated/α-hetero) is 1. The van der Waals surface area contributed by atoms with Crippen molar-refractivity contribution in [2.24, 2.45) is 11.8 Å². The molecule has 3 rings (SSSR count). The first-order chi connectivity index (χ1) is 16.2. The third-order valence-electron chi connectivity index (χ3n) is 5.76. The van der Waals surface area contributed by atoms with Crippen molar-refractivity contribution in [2.45, 2.75) is 53.9 Å². The summed E-state index contributed by atoms with van der Waals surface area (Å²) in [5.74, 6) is 0.107. The van der Waals surface area contributed by atoms with E-state index in [4.69, 9.17) is 4.74 Å². The van der Waals surface area contributed by atoms with Gasteiger partial charge in [-0.1, -0.05) is 40.2 Å². The summed E-state index contributed by atoms with van der Waals surface area (Å²) in [5.41, 5.74) is 2.38. The number of carbonyl (C=O) groups excluding carboxylic acids is 2. The fourth-order valence-electron chi connectivity index (χ4n) is 3.48. The number of pyridine rings is 1. The average Bonchev–Trinajstić information content (AvgIpc) is 3.22. The fraction of sp³-hybridized carbons (Fsp3) is 0.370. The first kappa shape index (κ1) is 25.6. The first-order valence-corrected chi connectivity index (χ1v) is 12.4. The van der Waals surface area contributed by atoms with Crippen molar-refractivity contribution in [3.63, 3.8) is 0 Å². The van der Waals surface area contributed by atoms with E-state index in [9.17, 15) is 14.0 Å². The number of carbonyl (C=O) groups is 2. The largest absolute Gasteiger partial charge is 0.453 e. The Morgan fingerprint density at radius 3 is 2.56 bits per heavy atom. The Bertz CT molecular complexity index is 1220. The van der Waals surface area contributed by atoms with E-state index < -0.39 is 11.7 Å². The topological polar surface area (TPSA) is 68.3 Å². The van der Waals surface area contributed by atoms with E-state index in [1.165, 1.54) is 24.6 Å². The fourth-order valence-corrected chi connectivity index (χ4v) is 4.69. The molecule has 0 aliphatic carbocycles. The van der Waals surface area contributed by atoms with E-state index in [0.29, 0.717) is 17.6 Å². The van der Waals surface area contributed by atoms with Crippen molar-refractivity contribution < 1.29 is 18.7 Å². The molecule has 0 saturated heterocycles. The Hall–Kier alpha value is -3.06. The zero-order valence-corrected chi connectivity index (χ0v) is 21.1. The highest BCUT2D eigenvalue weighted by molar-refractivity contribution is 7.20. The van der Waals surface area contributed by atoms with Gasteiger partial charge in [-0.15, -0.1) is 11.3 Å². The van der Waals surface area contributed by atoms with Crippen molar-refractivity contribution >= 4 is 44.5 Å². The summed E-state index contributed by atoms with van der Waals surface area (Å²) in [6, 6.07) is 8.00. The highest BCUT2D eigenvalue weighted by Crippen LogP contribution is 2.40. The molecule has 180 valence electrons. The van der Waals surface area contributed by atoms with Crippen molar-refractivity contribution in [3.8, 4) is 11.5 Å². The van der Waals surface area contributed by atoms with Gasteiger partial charge in [0.05, 0.1) is 16.6 Å². The molecule has 1 N–H and O–H groups in total. The maximum Gasteiger partial charge on any atom is 0.231 e. The van der Waals surface area contributed by atoms with Crippen molar-refractivity contribution in [1.82, 2.24) is 4.98 Å². The second-order valence-electron chi connectivity index (χ2n) is 8.63. The molecule has 3 aromatic rings. The van der Waals surface area contributed by atoms with Crippen LogP contribution in [0.15, 0.2) is 42.6 Å². The third kappa shape index (κ3) is 6.29. The quantitative estimate of drug-likeness (QED) is 0.302. The van der Waals surface area contributed by atoms with Gasteiger partial charge < -0.3 is 10.1 Å². The summed E-state index contributed by atoms with van der Waals surface area (Å²) in [6.45, 7) is 10.1. The van der Waals surface area contributed by atoms with Crippen LogP contribution in [0.5, 0.6) is 11.5 Å². The summed E-state index contributed by atoms with van der Waals surface area (Å²) < 4.78 is 21.5. The number of amides is 1. The van der Waals surface area contributed by atoms with Gasteiger partial charge in [0.15, 0.2) is 11.6 Å². The molecule has 1 aromatic carbocycles. The Labute approximate surface area is 204 Å². The number of halogens is 1. The van der Waals surface area contributed by atoms with E-state index in [2.05, 4.69) is 50.1 Å². The molecule has 5 nitrogen and oxygen atoms in total. The van der Waals surface area contributed by atoms with Crippen molar-refractivity contribution in [2.75, 3.05) is 5.32 Å². The summed E-state index contributed by atoms with van der Waals surface area (Å²) in [6.07, 6.45) is 5.86. The Kier molecular flexibility index (Phi) is 8.56. The molecule has 0 spiro atoms. The lowest BCUT2D eigenvalue weighted by Crippen LogP contribution is -2.14. The molecule has 34 heavy (non-hydrogen) atoms. The van der Waals surface area contributed by atoms with Crippen LogP contribution in [0.2, 0.25) is 0 Å². The zero-order valence-electron chi connectivity index (χ0n) is 20.3. The van der Waals surface area contributed by atoms with Gasteiger partial charge in [-0.25, -0.2) is 4.39 Å². The number of hydrogen-bond donors (Lipinski definition) is 1. The monoisotopic (exact) mass is 482 g/mol. The molecule has 2 aromatic heterocycles. The van der Waals surface area contributed by atoms with Gasteiger partial charge in [0.1, 0.15) is 11.5 Å². The maximum atomic E-state index is 14.8. The van der Waals surface area contributed by atoms with E-state index in [-0.39, 0.29) is 23.6 Å². The van der Waals surface area contributed by atoms with Crippen LogP contribution in [0.3, 0.4) is 0 Å². The molecule has 0 bridgehead atoms. The minimum Gasteiger partial charge on any atom is -0.453 e. The molecule has 7 heteroatoms. The van der Waals surface area contributed by atoms with Gasteiger partial charge in [0, 0.05) is 28.9 Å². The van der Waals surface area contributed by atoms with Crippen LogP contribution in [0, 0.1) is 17.7 Å². The molecule has 0 saturated carbocycles. The van der Waals surface area contributed by atoms with Crippen LogP contribution >= 0.6 is 11.3 Å². The predicted octanol–water partition coefficient (Wildman–Crippen LogP) is 7.62. The summed E-state index contributed by atoms with van der Waals surface area (Å²) >= 11 is 1.60. The van der Waals surface area contributed by atoms with Crippen LogP contribution in [-0.2, 0) is 9.59 Å². The van der Waals surface area contributed by atoms with Gasteiger partial charge >= 0.3 is 0 Å². The van der Waals surface area contributed by atoms with E-state index in [1.54, 1.807) is 29.7 Å². The number of thiophene rings is 1. The number of nitrogens with one attached hydrogen (secondary N) is 1. The lowest BCUT2D eigenvalue weighted by Gasteiger charge is -2.15. The molecule has 2 heterocycles. The van der Waals surface area contributed by atoms with Crippen LogP contribution in [0.25, 0.3) is 15.8 Å². The Morgan fingerprint density at radius 2 is 1.91 bits per heavy atom. The van der Waals surface area contributed by atoms with Gasteiger partial charge in [-0.3, -0.25) is 14.6 Å². The number of benzene rings is 1. The number of fused-ring (bicyclic) bond motifs is 1. The number of allylic oxidation sites excluding steroid dienone is 2. The number of anilines is 1. The third-order valence-corrected chi connectivity index (χ3v) is 6.94.